The highest BCUT2D eigenvalue weighted by Gasteiger charge is 2.14. The summed E-state index contributed by atoms with van der Waals surface area (Å²) >= 11 is 1.26. The van der Waals surface area contributed by atoms with Gasteiger partial charge in [0, 0.05) is 25.1 Å². The van der Waals surface area contributed by atoms with Crippen molar-refractivity contribution in [1.29, 1.82) is 0 Å². The average molecular weight is 239 g/mol. The van der Waals surface area contributed by atoms with Gasteiger partial charge in [-0.1, -0.05) is 6.07 Å². The number of benzene rings is 1. The second kappa shape index (κ2) is 4.89. The van der Waals surface area contributed by atoms with E-state index in [1.54, 1.807) is 19.0 Å². The highest BCUT2D eigenvalue weighted by atomic mass is 32.2. The molecule has 0 spiro atoms. The molecule has 0 radical (unpaired) electrons. The number of quaternary nitrogens is 1. The van der Waals surface area contributed by atoms with Gasteiger partial charge in [0.2, 0.25) is 0 Å². The maximum atomic E-state index is 11.6. The molecule has 0 saturated carbocycles. The number of rotatable bonds is 2. The topological polar surface area (TPSA) is 20.3 Å². The molecule has 0 aromatic heterocycles. The number of nitrogens with zero attached hydrogens (tertiary/aromatic N) is 2. The van der Waals surface area contributed by atoms with Gasteiger partial charge in [-0.3, -0.25) is 9.28 Å². The first kappa shape index (κ1) is 13.1. The lowest BCUT2D eigenvalue weighted by Gasteiger charge is -2.23. The monoisotopic (exact) mass is 239 g/mol. The van der Waals surface area contributed by atoms with Crippen LogP contribution in [0.4, 0.5) is 10.5 Å². The number of carbonyl (C=O) groups is 1. The van der Waals surface area contributed by atoms with Gasteiger partial charge < -0.3 is 4.90 Å². The summed E-state index contributed by atoms with van der Waals surface area (Å²) in [6.07, 6.45) is 0. The Kier molecular flexibility index (Phi) is 3.99. The lowest BCUT2D eigenvalue weighted by atomic mass is 10.3. The summed E-state index contributed by atoms with van der Waals surface area (Å²) in [4.78, 5) is 14.1. The molecule has 0 aliphatic heterocycles. The molecule has 1 amide bonds. The molecule has 1 aromatic carbocycles. The minimum atomic E-state index is 0.0542. The molecule has 1 rings (SSSR count). The van der Waals surface area contributed by atoms with Gasteiger partial charge in [-0.2, -0.15) is 0 Å². The predicted molar refractivity (Wildman–Crippen MR) is 70.9 cm³/mol. The van der Waals surface area contributed by atoms with E-state index in [-0.39, 0.29) is 5.24 Å². The van der Waals surface area contributed by atoms with Crippen molar-refractivity contribution in [2.24, 2.45) is 0 Å². The van der Waals surface area contributed by atoms with Gasteiger partial charge in [0.25, 0.3) is 5.24 Å². The summed E-state index contributed by atoms with van der Waals surface area (Å²) < 4.78 is 0.755. The van der Waals surface area contributed by atoms with Gasteiger partial charge in [0.15, 0.2) is 0 Å². The van der Waals surface area contributed by atoms with E-state index in [1.165, 1.54) is 17.4 Å². The zero-order valence-electron chi connectivity index (χ0n) is 10.5. The van der Waals surface area contributed by atoms with Crippen molar-refractivity contribution in [3.05, 3.63) is 24.3 Å². The molecule has 1 aromatic rings. The molecule has 0 fully saturated rings. The molecular formula is C12H19N2OS+. The third-order valence-electron chi connectivity index (χ3n) is 2.16. The highest BCUT2D eigenvalue weighted by molar-refractivity contribution is 8.13. The fraction of sp³-hybridized carbons (Fsp3) is 0.417. The van der Waals surface area contributed by atoms with Gasteiger partial charge in [-0.25, -0.2) is 0 Å². The zero-order chi connectivity index (χ0) is 12.3. The fourth-order valence-electron chi connectivity index (χ4n) is 1.16. The summed E-state index contributed by atoms with van der Waals surface area (Å²) in [6, 6.07) is 8.09. The van der Waals surface area contributed by atoms with Crippen LogP contribution in [0.25, 0.3) is 0 Å². The molecule has 0 saturated heterocycles. The van der Waals surface area contributed by atoms with E-state index in [2.05, 4.69) is 33.3 Å². The number of hydrogen-bond donors (Lipinski definition) is 0. The number of thioether (sulfide) groups is 1. The van der Waals surface area contributed by atoms with Gasteiger partial charge in [0.05, 0.1) is 21.1 Å². The van der Waals surface area contributed by atoms with Crippen molar-refractivity contribution in [3.8, 4) is 0 Å². The molecule has 0 N–H and O–H groups in total. The Hall–Kier alpha value is -1.00. The largest absolute Gasteiger partial charge is 0.339 e. The van der Waals surface area contributed by atoms with Crippen molar-refractivity contribution < 1.29 is 4.79 Å². The van der Waals surface area contributed by atoms with Gasteiger partial charge in [-0.15, -0.1) is 0 Å². The highest BCUT2D eigenvalue weighted by Crippen LogP contribution is 2.26. The standard InChI is InChI=1S/C12H19N2OS/c1-13(2)12(15)16-11-8-6-7-10(9-11)14(3,4)5/h6-9H,1-5H3/q+1. The SMILES string of the molecule is CN(C)C(=O)Sc1cccc([N+](C)(C)C)c1. The molecule has 0 heterocycles. The van der Waals surface area contributed by atoms with E-state index in [0.29, 0.717) is 0 Å². The van der Waals surface area contributed by atoms with Crippen LogP contribution in [0.1, 0.15) is 0 Å². The first-order valence-corrected chi connectivity index (χ1v) is 5.93. The summed E-state index contributed by atoms with van der Waals surface area (Å²) in [5, 5.41) is 0.0542. The van der Waals surface area contributed by atoms with E-state index in [4.69, 9.17) is 0 Å². The van der Waals surface area contributed by atoms with E-state index >= 15 is 0 Å². The van der Waals surface area contributed by atoms with E-state index in [9.17, 15) is 4.79 Å². The lowest BCUT2D eigenvalue weighted by molar-refractivity contribution is 0.241. The van der Waals surface area contributed by atoms with Crippen LogP contribution in [-0.2, 0) is 0 Å². The van der Waals surface area contributed by atoms with Crippen LogP contribution in [0.5, 0.6) is 0 Å². The summed E-state index contributed by atoms with van der Waals surface area (Å²) in [7, 11) is 9.85. The van der Waals surface area contributed by atoms with Crippen molar-refractivity contribution in [1.82, 2.24) is 9.38 Å². The zero-order valence-corrected chi connectivity index (χ0v) is 11.3. The molecule has 0 atom stereocenters. The molecule has 3 nitrogen and oxygen atoms in total. The van der Waals surface area contributed by atoms with Crippen LogP contribution in [0.3, 0.4) is 0 Å². The normalized spacial score (nSPS) is 11.3. The van der Waals surface area contributed by atoms with Crippen molar-refractivity contribution in [2.45, 2.75) is 4.90 Å². The molecule has 0 unspecified atom stereocenters. The molecule has 0 aliphatic rings. The van der Waals surface area contributed by atoms with Crippen LogP contribution in [-0.4, -0.2) is 45.4 Å². The summed E-state index contributed by atoms with van der Waals surface area (Å²) in [5.41, 5.74) is 1.19. The van der Waals surface area contributed by atoms with Crippen LogP contribution in [0, 0.1) is 0 Å². The van der Waals surface area contributed by atoms with Crippen molar-refractivity contribution in [2.75, 3.05) is 35.2 Å². The average Bonchev–Trinajstić information content (AvgIpc) is 2.16. The first-order chi connectivity index (χ1) is 7.30. The number of amides is 1. The van der Waals surface area contributed by atoms with E-state index in [0.717, 1.165) is 9.38 Å². The second-order valence-electron chi connectivity index (χ2n) is 4.77. The lowest BCUT2D eigenvalue weighted by Crippen LogP contribution is -2.34. The molecule has 16 heavy (non-hydrogen) atoms. The third kappa shape index (κ3) is 3.54. The molecule has 0 bridgehead atoms. The quantitative estimate of drug-likeness (QED) is 0.584. The smallest absolute Gasteiger partial charge is 0.285 e. The van der Waals surface area contributed by atoms with E-state index in [1.807, 2.05) is 12.1 Å². The Morgan fingerprint density at radius 3 is 2.38 bits per heavy atom. The molecule has 88 valence electrons. The predicted octanol–water partition coefficient (Wildman–Crippen LogP) is 2.66. The second-order valence-corrected chi connectivity index (χ2v) is 5.80. The van der Waals surface area contributed by atoms with Crippen LogP contribution in [0.15, 0.2) is 29.2 Å². The molecular weight excluding hydrogens is 220 g/mol. The Bertz CT molecular complexity index is 383. The minimum absolute atomic E-state index is 0.0542. The van der Waals surface area contributed by atoms with Crippen molar-refractivity contribution >= 4 is 22.7 Å². The number of carbonyl (C=O) groups excluding carboxylic acids is 1. The maximum absolute atomic E-state index is 11.6. The Morgan fingerprint density at radius 1 is 1.25 bits per heavy atom. The number of hydrogen-bond acceptors (Lipinski definition) is 2. The van der Waals surface area contributed by atoms with Crippen LogP contribution < -0.4 is 4.48 Å². The van der Waals surface area contributed by atoms with Gasteiger partial charge in [-0.05, 0) is 23.9 Å². The fourth-order valence-corrected chi connectivity index (χ4v) is 1.87. The maximum Gasteiger partial charge on any atom is 0.285 e. The molecule has 0 aliphatic carbocycles. The first-order valence-electron chi connectivity index (χ1n) is 5.12. The Morgan fingerprint density at radius 2 is 1.88 bits per heavy atom. The van der Waals surface area contributed by atoms with Crippen LogP contribution in [0.2, 0.25) is 0 Å². The summed E-state index contributed by atoms with van der Waals surface area (Å²) in [6.45, 7) is 0. The van der Waals surface area contributed by atoms with Gasteiger partial charge >= 0.3 is 0 Å². The summed E-state index contributed by atoms with van der Waals surface area (Å²) in [5.74, 6) is 0. The minimum Gasteiger partial charge on any atom is -0.339 e. The Balaban J connectivity index is 2.88. The van der Waals surface area contributed by atoms with Crippen molar-refractivity contribution in [3.63, 3.8) is 0 Å². The Labute approximate surface area is 102 Å². The third-order valence-corrected chi connectivity index (χ3v) is 3.19. The van der Waals surface area contributed by atoms with Gasteiger partial charge in [0.1, 0.15) is 5.69 Å². The molecule has 4 heteroatoms. The van der Waals surface area contributed by atoms with Crippen LogP contribution >= 0.6 is 11.8 Å². The van der Waals surface area contributed by atoms with E-state index < -0.39 is 0 Å².